The molecular weight excluding hydrogens is 356 g/mol. The Morgan fingerprint density at radius 3 is 2.79 bits per heavy atom. The van der Waals surface area contributed by atoms with E-state index in [1.807, 2.05) is 31.2 Å². The number of aromatic nitrogens is 3. The Morgan fingerprint density at radius 1 is 1.36 bits per heavy atom. The van der Waals surface area contributed by atoms with Crippen LogP contribution in [-0.4, -0.2) is 33.9 Å². The molecule has 1 N–H and O–H groups in total. The van der Waals surface area contributed by atoms with Crippen molar-refractivity contribution >= 4 is 11.9 Å². The first-order valence-electron chi connectivity index (χ1n) is 9.39. The molecule has 148 valence electrons. The van der Waals surface area contributed by atoms with Gasteiger partial charge in [-0.25, -0.2) is 9.48 Å². The molecule has 2 heterocycles. The van der Waals surface area contributed by atoms with E-state index < -0.39 is 12.0 Å². The molecule has 0 bridgehead atoms. The molecule has 0 fully saturated rings. The van der Waals surface area contributed by atoms with E-state index in [2.05, 4.69) is 35.8 Å². The quantitative estimate of drug-likeness (QED) is 0.554. The van der Waals surface area contributed by atoms with Crippen molar-refractivity contribution in [2.24, 2.45) is 5.92 Å². The number of esters is 1. The van der Waals surface area contributed by atoms with E-state index in [0.717, 1.165) is 17.7 Å². The second kappa shape index (κ2) is 8.73. The van der Waals surface area contributed by atoms with Crippen LogP contribution >= 0.6 is 0 Å². The molecule has 1 aliphatic heterocycles. The molecule has 1 aromatic heterocycles. The van der Waals surface area contributed by atoms with E-state index in [0.29, 0.717) is 29.7 Å². The lowest BCUT2D eigenvalue weighted by Crippen LogP contribution is -2.29. The Balaban J connectivity index is 1.88. The lowest BCUT2D eigenvalue weighted by atomic mass is 9.96. The van der Waals surface area contributed by atoms with Gasteiger partial charge >= 0.3 is 5.97 Å². The van der Waals surface area contributed by atoms with Crippen molar-refractivity contribution in [3.05, 3.63) is 60.1 Å². The molecule has 0 aliphatic carbocycles. The summed E-state index contributed by atoms with van der Waals surface area (Å²) >= 11 is 0. The molecule has 1 aliphatic rings. The largest absolute Gasteiger partial charge is 0.494 e. The van der Waals surface area contributed by atoms with Crippen LogP contribution < -0.4 is 10.1 Å². The third-order valence-corrected chi connectivity index (χ3v) is 4.51. The first-order valence-corrected chi connectivity index (χ1v) is 9.39. The van der Waals surface area contributed by atoms with Crippen LogP contribution in [0, 0.1) is 5.92 Å². The first-order chi connectivity index (χ1) is 13.5. The molecule has 2 aromatic rings. The minimum Gasteiger partial charge on any atom is -0.494 e. The number of anilines is 1. The maximum atomic E-state index is 12.7. The molecule has 7 heteroatoms. The Hall–Kier alpha value is -3.09. The van der Waals surface area contributed by atoms with Gasteiger partial charge in [-0.15, -0.1) is 0 Å². The molecule has 0 saturated carbocycles. The zero-order valence-corrected chi connectivity index (χ0v) is 16.5. The van der Waals surface area contributed by atoms with Gasteiger partial charge in [0.15, 0.2) is 0 Å². The average molecular weight is 382 g/mol. The fourth-order valence-electron chi connectivity index (χ4n) is 3.03. The van der Waals surface area contributed by atoms with E-state index in [4.69, 9.17) is 9.47 Å². The van der Waals surface area contributed by atoms with E-state index in [1.54, 1.807) is 10.8 Å². The van der Waals surface area contributed by atoms with E-state index in [-0.39, 0.29) is 6.61 Å². The van der Waals surface area contributed by atoms with Gasteiger partial charge in [-0.1, -0.05) is 38.6 Å². The monoisotopic (exact) mass is 382 g/mol. The van der Waals surface area contributed by atoms with Gasteiger partial charge in [0.05, 0.1) is 12.2 Å². The second-order valence-electron chi connectivity index (χ2n) is 7.08. The van der Waals surface area contributed by atoms with Gasteiger partial charge in [0.1, 0.15) is 24.7 Å². The fourth-order valence-corrected chi connectivity index (χ4v) is 3.03. The number of nitrogens with zero attached hydrogens (tertiary/aromatic N) is 3. The van der Waals surface area contributed by atoms with Gasteiger partial charge in [-0.05, 0) is 37.0 Å². The molecule has 1 aromatic carbocycles. The average Bonchev–Trinajstić information content (AvgIpc) is 3.13. The topological polar surface area (TPSA) is 78.3 Å². The number of carbonyl (C=O) groups excluding carboxylic acids is 1. The van der Waals surface area contributed by atoms with Crippen LogP contribution in [0.25, 0.3) is 0 Å². The van der Waals surface area contributed by atoms with Gasteiger partial charge in [0.25, 0.3) is 0 Å². The SMILES string of the molecule is C=CCOC(=O)C1=C(C)Nc2ncnn2C1c1ccc(OCCC(C)C)cc1. The predicted octanol–water partition coefficient (Wildman–Crippen LogP) is 3.72. The molecule has 7 nitrogen and oxygen atoms in total. The van der Waals surface area contributed by atoms with Crippen molar-refractivity contribution in [2.45, 2.75) is 33.2 Å². The highest BCUT2D eigenvalue weighted by Crippen LogP contribution is 2.35. The van der Waals surface area contributed by atoms with Crippen molar-refractivity contribution in [2.75, 3.05) is 18.5 Å². The lowest BCUT2D eigenvalue weighted by molar-refractivity contribution is -0.138. The molecule has 1 atom stereocenters. The standard InChI is InChI=1S/C21H26N4O3/c1-5-11-28-20(26)18-15(4)24-21-22-13-23-25(21)19(18)16-6-8-17(9-7-16)27-12-10-14(2)3/h5-9,13-14,19H,1,10-12H2,2-4H3,(H,22,23,24). The number of hydrogen-bond donors (Lipinski definition) is 1. The van der Waals surface area contributed by atoms with Gasteiger partial charge in [0, 0.05) is 5.70 Å². The number of allylic oxidation sites excluding steroid dienone is 1. The summed E-state index contributed by atoms with van der Waals surface area (Å²) in [5, 5.41) is 7.42. The minimum atomic E-state index is -0.430. The Kier molecular flexibility index (Phi) is 6.13. The number of carbonyl (C=O) groups is 1. The van der Waals surface area contributed by atoms with Gasteiger partial charge in [0.2, 0.25) is 5.95 Å². The maximum absolute atomic E-state index is 12.7. The summed E-state index contributed by atoms with van der Waals surface area (Å²) in [6.07, 6.45) is 4.01. The highest BCUT2D eigenvalue weighted by molar-refractivity contribution is 5.92. The van der Waals surface area contributed by atoms with E-state index >= 15 is 0 Å². The Morgan fingerprint density at radius 2 is 2.11 bits per heavy atom. The summed E-state index contributed by atoms with van der Waals surface area (Å²) in [4.78, 5) is 16.9. The van der Waals surface area contributed by atoms with Gasteiger partial charge < -0.3 is 14.8 Å². The van der Waals surface area contributed by atoms with Gasteiger partial charge in [-0.2, -0.15) is 10.1 Å². The zero-order valence-electron chi connectivity index (χ0n) is 16.5. The summed E-state index contributed by atoms with van der Waals surface area (Å²) in [7, 11) is 0. The predicted molar refractivity (Wildman–Crippen MR) is 107 cm³/mol. The van der Waals surface area contributed by atoms with Gasteiger partial charge in [-0.3, -0.25) is 0 Å². The second-order valence-corrected chi connectivity index (χ2v) is 7.08. The Bertz CT molecular complexity index is 868. The maximum Gasteiger partial charge on any atom is 0.338 e. The minimum absolute atomic E-state index is 0.148. The zero-order chi connectivity index (χ0) is 20.1. The summed E-state index contributed by atoms with van der Waals surface area (Å²) in [6, 6.07) is 7.29. The summed E-state index contributed by atoms with van der Waals surface area (Å²) in [6.45, 7) is 10.6. The Labute approximate surface area is 165 Å². The van der Waals surface area contributed by atoms with Crippen LogP contribution in [0.4, 0.5) is 5.95 Å². The molecular formula is C21H26N4O3. The lowest BCUT2D eigenvalue weighted by Gasteiger charge is -2.28. The van der Waals surface area contributed by atoms with E-state index in [1.165, 1.54) is 6.33 Å². The molecule has 0 radical (unpaired) electrons. The van der Waals surface area contributed by atoms with Crippen LogP contribution in [0.5, 0.6) is 5.75 Å². The smallest absolute Gasteiger partial charge is 0.338 e. The third kappa shape index (κ3) is 4.24. The molecule has 0 amide bonds. The van der Waals surface area contributed by atoms with Crippen molar-refractivity contribution in [3.63, 3.8) is 0 Å². The summed E-state index contributed by atoms with van der Waals surface area (Å²) in [5.41, 5.74) is 2.08. The van der Waals surface area contributed by atoms with Crippen molar-refractivity contribution in [1.29, 1.82) is 0 Å². The number of benzene rings is 1. The van der Waals surface area contributed by atoms with Crippen LogP contribution in [0.3, 0.4) is 0 Å². The number of fused-ring (bicyclic) bond motifs is 1. The molecule has 0 spiro atoms. The molecule has 28 heavy (non-hydrogen) atoms. The molecule has 3 rings (SSSR count). The van der Waals surface area contributed by atoms with Crippen LogP contribution in [0.15, 0.2) is 54.5 Å². The normalized spacial score (nSPS) is 15.8. The molecule has 1 unspecified atom stereocenters. The number of rotatable bonds is 8. The van der Waals surface area contributed by atoms with Crippen molar-refractivity contribution in [3.8, 4) is 5.75 Å². The highest BCUT2D eigenvalue weighted by atomic mass is 16.5. The van der Waals surface area contributed by atoms with Crippen LogP contribution in [0.1, 0.15) is 38.8 Å². The molecule has 0 saturated heterocycles. The van der Waals surface area contributed by atoms with E-state index in [9.17, 15) is 4.79 Å². The van der Waals surface area contributed by atoms with Crippen molar-refractivity contribution < 1.29 is 14.3 Å². The van der Waals surface area contributed by atoms with Crippen LogP contribution in [-0.2, 0) is 9.53 Å². The number of hydrogen-bond acceptors (Lipinski definition) is 6. The summed E-state index contributed by atoms with van der Waals surface area (Å²) in [5.74, 6) is 1.57. The first kappa shape index (κ1) is 19.7. The highest BCUT2D eigenvalue weighted by Gasteiger charge is 2.34. The van der Waals surface area contributed by atoms with Crippen LogP contribution in [0.2, 0.25) is 0 Å². The summed E-state index contributed by atoms with van der Waals surface area (Å²) < 4.78 is 12.8. The fraction of sp³-hybridized carbons (Fsp3) is 0.381. The number of ether oxygens (including phenoxy) is 2. The number of nitrogens with one attached hydrogen (secondary N) is 1. The van der Waals surface area contributed by atoms with Crippen molar-refractivity contribution in [1.82, 2.24) is 14.8 Å². The third-order valence-electron chi connectivity index (χ3n) is 4.51.